The summed E-state index contributed by atoms with van der Waals surface area (Å²) in [5.41, 5.74) is 2.50. The van der Waals surface area contributed by atoms with Crippen LogP contribution in [0.25, 0.3) is 0 Å². The summed E-state index contributed by atoms with van der Waals surface area (Å²) in [6.45, 7) is 0. The van der Waals surface area contributed by atoms with Crippen LogP contribution in [0.2, 0.25) is 5.02 Å². The van der Waals surface area contributed by atoms with Crippen molar-refractivity contribution >= 4 is 70.7 Å². The first-order chi connectivity index (χ1) is 8.06. The summed E-state index contributed by atoms with van der Waals surface area (Å²) in [5, 5.41) is 0.785. The van der Waals surface area contributed by atoms with Gasteiger partial charge in [0, 0.05) is 9.85 Å². The SMILES string of the molecule is Clc1cccc(CC(Br)c2cc(Br)sc2Br)c1. The Kier molecular flexibility index (Phi) is 5.13. The monoisotopic (exact) mass is 456 g/mol. The van der Waals surface area contributed by atoms with Crippen LogP contribution in [0.3, 0.4) is 0 Å². The summed E-state index contributed by atoms with van der Waals surface area (Å²) in [7, 11) is 0. The van der Waals surface area contributed by atoms with Gasteiger partial charge in [-0.15, -0.1) is 11.3 Å². The summed E-state index contributed by atoms with van der Waals surface area (Å²) in [6, 6.07) is 10.1. The van der Waals surface area contributed by atoms with Crippen molar-refractivity contribution in [3.63, 3.8) is 0 Å². The van der Waals surface area contributed by atoms with Crippen LogP contribution in [-0.4, -0.2) is 0 Å². The standard InChI is InChI=1S/C12H8Br3ClS/c13-10(9-6-11(14)17-12(9)15)5-7-2-1-3-8(16)4-7/h1-4,6,10H,5H2. The van der Waals surface area contributed by atoms with E-state index in [9.17, 15) is 0 Å². The van der Waals surface area contributed by atoms with E-state index < -0.39 is 0 Å². The summed E-state index contributed by atoms with van der Waals surface area (Å²) in [5.74, 6) is 0. The number of thiophene rings is 1. The van der Waals surface area contributed by atoms with Crippen LogP contribution in [0.5, 0.6) is 0 Å². The lowest BCUT2D eigenvalue weighted by Gasteiger charge is -2.09. The Morgan fingerprint density at radius 1 is 1.24 bits per heavy atom. The molecule has 0 radical (unpaired) electrons. The molecule has 0 aliphatic heterocycles. The van der Waals surface area contributed by atoms with E-state index in [-0.39, 0.29) is 4.83 Å². The van der Waals surface area contributed by atoms with Gasteiger partial charge < -0.3 is 0 Å². The van der Waals surface area contributed by atoms with Crippen molar-refractivity contribution in [3.05, 3.63) is 54.1 Å². The maximum absolute atomic E-state index is 5.98. The van der Waals surface area contributed by atoms with Crippen LogP contribution >= 0.6 is 70.7 Å². The Bertz CT molecular complexity index is 524. The average Bonchev–Trinajstić information content (AvgIpc) is 2.58. The highest BCUT2D eigenvalue weighted by molar-refractivity contribution is 9.12. The van der Waals surface area contributed by atoms with E-state index in [0.29, 0.717) is 0 Å². The molecule has 90 valence electrons. The highest BCUT2D eigenvalue weighted by atomic mass is 79.9. The second kappa shape index (κ2) is 6.20. The molecule has 5 heteroatoms. The quantitative estimate of drug-likeness (QED) is 0.454. The van der Waals surface area contributed by atoms with E-state index in [1.54, 1.807) is 11.3 Å². The van der Waals surface area contributed by atoms with E-state index in [4.69, 9.17) is 11.6 Å². The molecule has 0 spiro atoms. The normalized spacial score (nSPS) is 12.7. The van der Waals surface area contributed by atoms with Crippen molar-refractivity contribution < 1.29 is 0 Å². The second-order valence-corrected chi connectivity index (χ2v) is 8.87. The van der Waals surface area contributed by atoms with Gasteiger partial charge in [-0.25, -0.2) is 0 Å². The van der Waals surface area contributed by atoms with Crippen molar-refractivity contribution in [2.75, 3.05) is 0 Å². The highest BCUT2D eigenvalue weighted by Crippen LogP contribution is 2.40. The van der Waals surface area contributed by atoms with E-state index in [1.807, 2.05) is 18.2 Å². The number of hydrogen-bond donors (Lipinski definition) is 0. The zero-order valence-electron chi connectivity index (χ0n) is 8.59. The summed E-state index contributed by atoms with van der Waals surface area (Å²) < 4.78 is 2.29. The number of halogens is 4. The van der Waals surface area contributed by atoms with Gasteiger partial charge in [0.05, 0.1) is 7.57 Å². The molecule has 0 N–H and O–H groups in total. The van der Waals surface area contributed by atoms with Crippen LogP contribution in [0, 0.1) is 0 Å². The molecular weight excluding hydrogens is 451 g/mol. The van der Waals surface area contributed by atoms with Crippen molar-refractivity contribution in [2.45, 2.75) is 11.2 Å². The number of benzene rings is 1. The number of hydrogen-bond acceptors (Lipinski definition) is 1. The summed E-state index contributed by atoms with van der Waals surface area (Å²) >= 11 is 18.5. The molecule has 1 heterocycles. The highest BCUT2D eigenvalue weighted by Gasteiger charge is 2.15. The number of alkyl halides is 1. The van der Waals surface area contributed by atoms with Gasteiger partial charge in [0.2, 0.25) is 0 Å². The molecule has 17 heavy (non-hydrogen) atoms. The lowest BCUT2D eigenvalue weighted by atomic mass is 10.1. The van der Waals surface area contributed by atoms with Crippen LogP contribution in [0.1, 0.15) is 16.0 Å². The third-order valence-corrected chi connectivity index (χ3v) is 5.76. The maximum Gasteiger partial charge on any atom is 0.0753 e. The topological polar surface area (TPSA) is 0 Å². The van der Waals surface area contributed by atoms with Gasteiger partial charge in [-0.1, -0.05) is 39.7 Å². The fraction of sp³-hybridized carbons (Fsp3) is 0.167. The smallest absolute Gasteiger partial charge is 0.0753 e. The van der Waals surface area contributed by atoms with Crippen LogP contribution in [0.4, 0.5) is 0 Å². The van der Waals surface area contributed by atoms with E-state index in [0.717, 1.165) is 19.0 Å². The molecule has 0 bridgehead atoms. The third-order valence-electron chi connectivity index (χ3n) is 2.32. The van der Waals surface area contributed by atoms with E-state index in [1.165, 1.54) is 11.1 Å². The van der Waals surface area contributed by atoms with Gasteiger partial charge in [-0.3, -0.25) is 0 Å². The lowest BCUT2D eigenvalue weighted by molar-refractivity contribution is 0.950. The summed E-state index contributed by atoms with van der Waals surface area (Å²) in [6.07, 6.45) is 0.919. The van der Waals surface area contributed by atoms with E-state index >= 15 is 0 Å². The Morgan fingerprint density at radius 3 is 2.59 bits per heavy atom. The molecule has 0 fully saturated rings. The maximum atomic E-state index is 5.98. The fourth-order valence-electron chi connectivity index (χ4n) is 1.55. The Labute approximate surface area is 135 Å². The molecule has 0 nitrogen and oxygen atoms in total. The van der Waals surface area contributed by atoms with Gasteiger partial charge in [0.1, 0.15) is 0 Å². The minimum atomic E-state index is 0.290. The molecule has 0 saturated heterocycles. The van der Waals surface area contributed by atoms with Crippen LogP contribution in [-0.2, 0) is 6.42 Å². The van der Waals surface area contributed by atoms with Crippen LogP contribution < -0.4 is 0 Å². The molecule has 0 amide bonds. The fourth-order valence-corrected chi connectivity index (χ4v) is 5.93. The van der Waals surface area contributed by atoms with Gasteiger partial charge in [-0.05, 0) is 67.6 Å². The predicted octanol–water partition coefficient (Wildman–Crippen LogP) is 6.61. The number of rotatable bonds is 3. The second-order valence-electron chi connectivity index (χ2n) is 3.58. The van der Waals surface area contributed by atoms with Crippen molar-refractivity contribution in [1.29, 1.82) is 0 Å². The molecule has 1 unspecified atom stereocenters. The largest absolute Gasteiger partial charge is 0.121 e. The molecule has 1 atom stereocenters. The zero-order valence-corrected chi connectivity index (χ0v) is 14.9. The van der Waals surface area contributed by atoms with Crippen molar-refractivity contribution in [2.24, 2.45) is 0 Å². The molecule has 1 aromatic heterocycles. The Balaban J connectivity index is 2.16. The van der Waals surface area contributed by atoms with Gasteiger partial charge in [-0.2, -0.15) is 0 Å². The molecule has 2 rings (SSSR count). The Hall–Kier alpha value is 0.650. The zero-order chi connectivity index (χ0) is 12.4. The predicted molar refractivity (Wildman–Crippen MR) is 86.5 cm³/mol. The van der Waals surface area contributed by atoms with Gasteiger partial charge in [0.25, 0.3) is 0 Å². The molecule has 1 aromatic carbocycles. The summed E-state index contributed by atoms with van der Waals surface area (Å²) in [4.78, 5) is 0.290. The molecular formula is C12H8Br3ClS. The first kappa shape index (κ1) is 14.1. The first-order valence-corrected chi connectivity index (χ1v) is 8.59. The minimum Gasteiger partial charge on any atom is -0.121 e. The third kappa shape index (κ3) is 3.80. The molecule has 0 aliphatic rings. The van der Waals surface area contributed by atoms with Gasteiger partial charge >= 0.3 is 0 Å². The minimum absolute atomic E-state index is 0.290. The molecule has 2 aromatic rings. The molecule has 0 saturated carbocycles. The molecule has 0 aliphatic carbocycles. The van der Waals surface area contributed by atoms with Crippen molar-refractivity contribution in [3.8, 4) is 0 Å². The van der Waals surface area contributed by atoms with Crippen molar-refractivity contribution in [1.82, 2.24) is 0 Å². The van der Waals surface area contributed by atoms with Crippen LogP contribution in [0.15, 0.2) is 37.9 Å². The Morgan fingerprint density at radius 2 is 2.00 bits per heavy atom. The first-order valence-electron chi connectivity index (χ1n) is 4.89. The van der Waals surface area contributed by atoms with Gasteiger partial charge in [0.15, 0.2) is 0 Å². The lowest BCUT2D eigenvalue weighted by Crippen LogP contribution is -1.94. The average molecular weight is 459 g/mol. The van der Waals surface area contributed by atoms with E-state index in [2.05, 4.69) is 59.9 Å².